The van der Waals surface area contributed by atoms with Gasteiger partial charge in [0.25, 0.3) is 0 Å². The van der Waals surface area contributed by atoms with Gasteiger partial charge in [-0.2, -0.15) is 0 Å². The van der Waals surface area contributed by atoms with Gasteiger partial charge in [0.2, 0.25) is 0 Å². The Labute approximate surface area is 141 Å². The van der Waals surface area contributed by atoms with E-state index in [2.05, 4.69) is 21.2 Å². The fourth-order valence-corrected chi connectivity index (χ4v) is 2.53. The number of rotatable bonds is 10. The molecule has 0 saturated heterocycles. The Morgan fingerprint density at radius 1 is 1.24 bits per heavy atom. The van der Waals surface area contributed by atoms with Crippen LogP contribution in [0.15, 0.2) is 16.6 Å². The molecule has 0 amide bonds. The Hall–Kier alpha value is -0.490. The van der Waals surface area contributed by atoms with Crippen LogP contribution in [0.5, 0.6) is 11.5 Å². The third-order valence-electron chi connectivity index (χ3n) is 2.92. The molecule has 6 heteroatoms. The van der Waals surface area contributed by atoms with Gasteiger partial charge in [-0.15, -0.1) is 12.4 Å². The Bertz CT molecular complexity index is 405. The van der Waals surface area contributed by atoms with Gasteiger partial charge in [-0.1, -0.05) is 0 Å². The Balaban J connectivity index is 0.00000400. The van der Waals surface area contributed by atoms with Crippen LogP contribution in [-0.4, -0.2) is 32.0 Å². The van der Waals surface area contributed by atoms with Crippen LogP contribution >= 0.6 is 28.3 Å². The van der Waals surface area contributed by atoms with Crippen molar-refractivity contribution in [3.63, 3.8) is 0 Å². The van der Waals surface area contributed by atoms with Gasteiger partial charge in [0.15, 0.2) is 11.5 Å². The van der Waals surface area contributed by atoms with Crippen molar-refractivity contribution < 1.29 is 14.6 Å². The first-order chi connectivity index (χ1) is 9.72. The molecule has 0 saturated carbocycles. The van der Waals surface area contributed by atoms with Crippen molar-refractivity contribution in [2.45, 2.75) is 32.7 Å². The summed E-state index contributed by atoms with van der Waals surface area (Å²) in [4.78, 5) is 0. The van der Waals surface area contributed by atoms with E-state index in [4.69, 9.17) is 14.6 Å². The molecular weight excluding hydrogens is 358 g/mol. The molecule has 0 atom stereocenters. The number of halogens is 2. The van der Waals surface area contributed by atoms with E-state index in [1.807, 2.05) is 19.1 Å². The van der Waals surface area contributed by atoms with E-state index < -0.39 is 0 Å². The van der Waals surface area contributed by atoms with E-state index >= 15 is 0 Å². The second-order valence-electron chi connectivity index (χ2n) is 4.50. The van der Waals surface area contributed by atoms with Gasteiger partial charge in [0, 0.05) is 13.2 Å². The third-order valence-corrected chi connectivity index (χ3v) is 3.51. The van der Waals surface area contributed by atoms with Crippen LogP contribution in [0.4, 0.5) is 0 Å². The Kier molecular flexibility index (Phi) is 11.8. The molecule has 0 radical (unpaired) electrons. The molecule has 0 aliphatic rings. The van der Waals surface area contributed by atoms with E-state index in [-0.39, 0.29) is 19.0 Å². The van der Waals surface area contributed by atoms with Crippen LogP contribution in [0.2, 0.25) is 0 Å². The molecule has 4 nitrogen and oxygen atoms in total. The minimum Gasteiger partial charge on any atom is -0.493 e. The van der Waals surface area contributed by atoms with Gasteiger partial charge in [0.1, 0.15) is 0 Å². The summed E-state index contributed by atoms with van der Waals surface area (Å²) in [7, 11) is 1.65. The standard InChI is InChI=1S/C15H24BrNO3.ClH/c1-3-20-15-13(16)9-12(10-14(15)19-2)11-17-7-5-4-6-8-18;/h9-10,17-18H,3-8,11H2,1-2H3;1H. The number of unbranched alkanes of at least 4 members (excludes halogenated alkanes) is 2. The van der Waals surface area contributed by atoms with Crippen molar-refractivity contribution in [1.82, 2.24) is 5.32 Å². The fourth-order valence-electron chi connectivity index (χ4n) is 1.93. The highest BCUT2D eigenvalue weighted by Crippen LogP contribution is 2.36. The van der Waals surface area contributed by atoms with Crippen LogP contribution in [0.25, 0.3) is 0 Å². The summed E-state index contributed by atoms with van der Waals surface area (Å²) >= 11 is 3.52. The summed E-state index contributed by atoms with van der Waals surface area (Å²) in [5.41, 5.74) is 1.15. The third kappa shape index (κ3) is 7.36. The van der Waals surface area contributed by atoms with Gasteiger partial charge >= 0.3 is 0 Å². The molecule has 0 spiro atoms. The van der Waals surface area contributed by atoms with Crippen molar-refractivity contribution in [2.24, 2.45) is 0 Å². The highest BCUT2D eigenvalue weighted by molar-refractivity contribution is 9.10. The van der Waals surface area contributed by atoms with Crippen LogP contribution in [-0.2, 0) is 6.54 Å². The average Bonchev–Trinajstić information content (AvgIpc) is 2.45. The molecule has 0 unspecified atom stereocenters. The zero-order valence-corrected chi connectivity index (χ0v) is 15.1. The zero-order chi connectivity index (χ0) is 14.8. The Morgan fingerprint density at radius 3 is 2.62 bits per heavy atom. The number of aliphatic hydroxyl groups excluding tert-OH is 1. The van der Waals surface area contributed by atoms with Crippen LogP contribution < -0.4 is 14.8 Å². The average molecular weight is 383 g/mol. The van der Waals surface area contributed by atoms with Crippen molar-refractivity contribution in [1.29, 1.82) is 0 Å². The normalized spacial score (nSPS) is 10.1. The minimum atomic E-state index is 0. The Morgan fingerprint density at radius 2 is 2.00 bits per heavy atom. The number of benzene rings is 1. The first-order valence-corrected chi connectivity index (χ1v) is 7.83. The van der Waals surface area contributed by atoms with E-state index in [9.17, 15) is 0 Å². The van der Waals surface area contributed by atoms with Gasteiger partial charge < -0.3 is 19.9 Å². The summed E-state index contributed by atoms with van der Waals surface area (Å²) in [5, 5.41) is 12.1. The van der Waals surface area contributed by atoms with Gasteiger partial charge in [-0.3, -0.25) is 0 Å². The monoisotopic (exact) mass is 381 g/mol. The number of hydrogen-bond donors (Lipinski definition) is 2. The molecule has 0 bridgehead atoms. The molecule has 0 aliphatic heterocycles. The minimum absolute atomic E-state index is 0. The number of nitrogens with one attached hydrogen (secondary N) is 1. The summed E-state index contributed by atoms with van der Waals surface area (Å²) in [6.45, 7) is 4.59. The number of hydrogen-bond acceptors (Lipinski definition) is 4. The topological polar surface area (TPSA) is 50.7 Å². The SMILES string of the molecule is CCOc1c(Br)cc(CNCCCCCO)cc1OC.Cl. The molecule has 1 rings (SSSR count). The lowest BCUT2D eigenvalue weighted by molar-refractivity contribution is 0.283. The lowest BCUT2D eigenvalue weighted by Crippen LogP contribution is -2.15. The quantitative estimate of drug-likeness (QED) is 0.608. The molecular formula is C15H25BrClNO3. The summed E-state index contributed by atoms with van der Waals surface area (Å²) < 4.78 is 11.8. The number of ether oxygens (including phenoxy) is 2. The molecule has 0 aliphatic carbocycles. The molecule has 122 valence electrons. The van der Waals surface area contributed by atoms with Gasteiger partial charge in [-0.25, -0.2) is 0 Å². The summed E-state index contributed by atoms with van der Waals surface area (Å²) in [5.74, 6) is 1.50. The van der Waals surface area contributed by atoms with E-state index in [0.29, 0.717) is 6.61 Å². The fraction of sp³-hybridized carbons (Fsp3) is 0.600. The number of methoxy groups -OCH3 is 1. The molecule has 1 aromatic carbocycles. The largest absolute Gasteiger partial charge is 0.493 e. The van der Waals surface area contributed by atoms with Gasteiger partial charge in [-0.05, 0) is 66.4 Å². The second-order valence-corrected chi connectivity index (χ2v) is 5.36. The van der Waals surface area contributed by atoms with Crippen molar-refractivity contribution in [3.8, 4) is 11.5 Å². The summed E-state index contributed by atoms with van der Waals surface area (Å²) in [6, 6.07) is 4.05. The van der Waals surface area contributed by atoms with Crippen molar-refractivity contribution in [3.05, 3.63) is 22.2 Å². The molecule has 0 aromatic heterocycles. The smallest absolute Gasteiger partial charge is 0.175 e. The van der Waals surface area contributed by atoms with Crippen molar-refractivity contribution in [2.75, 3.05) is 26.9 Å². The molecule has 1 aromatic rings. The maximum atomic E-state index is 8.71. The highest BCUT2D eigenvalue weighted by Gasteiger charge is 2.10. The highest BCUT2D eigenvalue weighted by atomic mass is 79.9. The number of aliphatic hydroxyl groups is 1. The molecule has 0 fully saturated rings. The zero-order valence-electron chi connectivity index (χ0n) is 12.7. The maximum Gasteiger partial charge on any atom is 0.175 e. The van der Waals surface area contributed by atoms with Crippen LogP contribution in [0, 0.1) is 0 Å². The van der Waals surface area contributed by atoms with Crippen LogP contribution in [0.1, 0.15) is 31.7 Å². The second kappa shape index (κ2) is 12.1. The predicted molar refractivity (Wildman–Crippen MR) is 91.8 cm³/mol. The molecule has 21 heavy (non-hydrogen) atoms. The summed E-state index contributed by atoms with van der Waals surface area (Å²) in [6.07, 6.45) is 3.01. The lowest BCUT2D eigenvalue weighted by Gasteiger charge is -2.13. The first kappa shape index (κ1) is 20.5. The molecule has 2 N–H and O–H groups in total. The van der Waals surface area contributed by atoms with E-state index in [1.54, 1.807) is 7.11 Å². The predicted octanol–water partition coefficient (Wildman–Crippen LogP) is 3.53. The molecule has 0 heterocycles. The van der Waals surface area contributed by atoms with Crippen LogP contribution in [0.3, 0.4) is 0 Å². The lowest BCUT2D eigenvalue weighted by atomic mass is 10.2. The maximum absolute atomic E-state index is 8.71. The first-order valence-electron chi connectivity index (χ1n) is 7.03. The van der Waals surface area contributed by atoms with E-state index in [0.717, 1.165) is 53.9 Å². The van der Waals surface area contributed by atoms with Gasteiger partial charge in [0.05, 0.1) is 18.2 Å². The van der Waals surface area contributed by atoms with E-state index in [1.165, 1.54) is 0 Å². The van der Waals surface area contributed by atoms with Crippen molar-refractivity contribution >= 4 is 28.3 Å².